The molecule has 1 amide bonds. The quantitative estimate of drug-likeness (QED) is 0.0432. The molecule has 0 aromatic heterocycles. The van der Waals surface area contributed by atoms with Gasteiger partial charge in [0, 0.05) is 6.42 Å². The summed E-state index contributed by atoms with van der Waals surface area (Å²) in [5.74, 6) is -0.0296. The van der Waals surface area contributed by atoms with E-state index in [4.69, 9.17) is 0 Å². The molecule has 0 fully saturated rings. The van der Waals surface area contributed by atoms with Crippen LogP contribution in [-0.2, 0) is 4.79 Å². The molecule has 308 valence electrons. The van der Waals surface area contributed by atoms with Crippen LogP contribution in [0.1, 0.15) is 258 Å². The van der Waals surface area contributed by atoms with Crippen LogP contribution in [0.15, 0.2) is 24.3 Å². The molecule has 0 aliphatic heterocycles. The first-order chi connectivity index (χ1) is 25.7. The second kappa shape index (κ2) is 44.3. The minimum Gasteiger partial charge on any atom is -0.394 e. The summed E-state index contributed by atoms with van der Waals surface area (Å²) >= 11 is 0. The van der Waals surface area contributed by atoms with Crippen molar-refractivity contribution in [2.75, 3.05) is 6.61 Å². The molecule has 0 heterocycles. The number of amides is 1. The largest absolute Gasteiger partial charge is 0.394 e. The highest BCUT2D eigenvalue weighted by Gasteiger charge is 2.20. The van der Waals surface area contributed by atoms with Crippen molar-refractivity contribution >= 4 is 5.91 Å². The molecule has 0 radical (unpaired) electrons. The van der Waals surface area contributed by atoms with Crippen molar-refractivity contribution in [3.8, 4) is 0 Å². The van der Waals surface area contributed by atoms with Gasteiger partial charge in [0.15, 0.2) is 0 Å². The van der Waals surface area contributed by atoms with Gasteiger partial charge in [-0.3, -0.25) is 4.79 Å². The van der Waals surface area contributed by atoms with E-state index in [-0.39, 0.29) is 12.5 Å². The zero-order valence-electron chi connectivity index (χ0n) is 35.3. The molecule has 0 aromatic rings. The van der Waals surface area contributed by atoms with Gasteiger partial charge in [-0.05, 0) is 44.9 Å². The van der Waals surface area contributed by atoms with Crippen LogP contribution in [0.4, 0.5) is 0 Å². The van der Waals surface area contributed by atoms with Gasteiger partial charge < -0.3 is 15.5 Å². The molecule has 0 spiro atoms. The second-order valence-electron chi connectivity index (χ2n) is 16.2. The number of hydrogen-bond acceptors (Lipinski definition) is 3. The number of carbonyl (C=O) groups excluding carboxylic acids is 1. The lowest BCUT2D eigenvalue weighted by Crippen LogP contribution is -2.45. The Morgan fingerprint density at radius 2 is 0.788 bits per heavy atom. The van der Waals surface area contributed by atoms with E-state index in [9.17, 15) is 15.0 Å². The lowest BCUT2D eigenvalue weighted by Gasteiger charge is -2.22. The predicted octanol–water partition coefficient (Wildman–Crippen LogP) is 14.8. The van der Waals surface area contributed by atoms with Gasteiger partial charge in [-0.1, -0.05) is 231 Å². The number of nitrogens with one attached hydrogen (secondary N) is 1. The maximum atomic E-state index is 12.4. The fraction of sp³-hybridized carbons (Fsp3) is 0.896. The fourth-order valence-electron chi connectivity index (χ4n) is 7.33. The summed E-state index contributed by atoms with van der Waals surface area (Å²) in [5.41, 5.74) is 0. The van der Waals surface area contributed by atoms with Gasteiger partial charge >= 0.3 is 0 Å². The summed E-state index contributed by atoms with van der Waals surface area (Å²) in [7, 11) is 0. The summed E-state index contributed by atoms with van der Waals surface area (Å²) in [6, 6.07) is -0.533. The van der Waals surface area contributed by atoms with E-state index in [2.05, 4.69) is 43.5 Å². The van der Waals surface area contributed by atoms with Crippen molar-refractivity contribution in [1.82, 2.24) is 5.32 Å². The molecule has 0 saturated carbocycles. The standard InChI is InChI=1S/C48H93NO3/c1-3-5-7-9-11-13-15-17-18-19-20-21-22-23-24-25-26-27-28-29-30-32-34-36-38-40-42-44-48(52)49-46(45-50)47(51)43-41-39-37-35-33-31-16-14-12-10-8-6-4-2/h15,17,19-20,46-47,50-51H,3-14,16,18,21-45H2,1-2H3,(H,49,52)/b17-15-,20-19-. The number of carbonyl (C=O) groups is 1. The van der Waals surface area contributed by atoms with Crippen molar-refractivity contribution in [2.24, 2.45) is 0 Å². The van der Waals surface area contributed by atoms with Gasteiger partial charge in [0.2, 0.25) is 5.91 Å². The van der Waals surface area contributed by atoms with E-state index in [0.717, 1.165) is 32.1 Å². The Morgan fingerprint density at radius 3 is 1.15 bits per heavy atom. The number of hydrogen-bond donors (Lipinski definition) is 3. The Hall–Kier alpha value is -1.13. The van der Waals surface area contributed by atoms with E-state index < -0.39 is 12.1 Å². The van der Waals surface area contributed by atoms with E-state index in [0.29, 0.717) is 12.8 Å². The van der Waals surface area contributed by atoms with Crippen LogP contribution in [0.25, 0.3) is 0 Å². The van der Waals surface area contributed by atoms with Gasteiger partial charge in [-0.2, -0.15) is 0 Å². The van der Waals surface area contributed by atoms with Crippen molar-refractivity contribution < 1.29 is 15.0 Å². The van der Waals surface area contributed by atoms with Crippen LogP contribution in [0.3, 0.4) is 0 Å². The van der Waals surface area contributed by atoms with Gasteiger partial charge in [-0.15, -0.1) is 0 Å². The van der Waals surface area contributed by atoms with E-state index in [1.165, 1.54) is 199 Å². The van der Waals surface area contributed by atoms with Gasteiger partial charge in [-0.25, -0.2) is 0 Å². The van der Waals surface area contributed by atoms with E-state index in [1.807, 2.05) is 0 Å². The van der Waals surface area contributed by atoms with Crippen molar-refractivity contribution in [3.63, 3.8) is 0 Å². The lowest BCUT2D eigenvalue weighted by atomic mass is 10.0. The molecule has 0 bridgehead atoms. The van der Waals surface area contributed by atoms with Gasteiger partial charge in [0.25, 0.3) is 0 Å². The number of unbranched alkanes of at least 4 members (excludes halogenated alkanes) is 32. The van der Waals surface area contributed by atoms with E-state index >= 15 is 0 Å². The average molecular weight is 732 g/mol. The summed E-state index contributed by atoms with van der Waals surface area (Å²) < 4.78 is 0. The Kier molecular flexibility index (Phi) is 43.3. The van der Waals surface area contributed by atoms with Crippen LogP contribution in [0, 0.1) is 0 Å². The maximum Gasteiger partial charge on any atom is 0.220 e. The monoisotopic (exact) mass is 732 g/mol. The smallest absolute Gasteiger partial charge is 0.220 e. The highest BCUT2D eigenvalue weighted by Crippen LogP contribution is 2.16. The van der Waals surface area contributed by atoms with Crippen LogP contribution < -0.4 is 5.32 Å². The van der Waals surface area contributed by atoms with Gasteiger partial charge in [0.05, 0.1) is 18.8 Å². The van der Waals surface area contributed by atoms with Gasteiger partial charge in [0.1, 0.15) is 0 Å². The van der Waals surface area contributed by atoms with Crippen LogP contribution in [0.5, 0.6) is 0 Å². The molecule has 2 atom stereocenters. The molecule has 0 aliphatic rings. The van der Waals surface area contributed by atoms with Crippen LogP contribution in [-0.4, -0.2) is 34.9 Å². The number of rotatable bonds is 43. The molecule has 0 saturated heterocycles. The second-order valence-corrected chi connectivity index (χ2v) is 16.2. The van der Waals surface area contributed by atoms with Crippen LogP contribution >= 0.6 is 0 Å². The first-order valence-electron chi connectivity index (χ1n) is 23.5. The minimum absolute atomic E-state index is 0.0296. The minimum atomic E-state index is -0.656. The number of aliphatic hydroxyl groups excluding tert-OH is 2. The Bertz CT molecular complexity index is 750. The molecule has 2 unspecified atom stereocenters. The Balaban J connectivity index is 3.45. The zero-order chi connectivity index (χ0) is 37.8. The molecule has 4 nitrogen and oxygen atoms in total. The van der Waals surface area contributed by atoms with Crippen LogP contribution in [0.2, 0.25) is 0 Å². The summed E-state index contributed by atoms with van der Waals surface area (Å²) in [6.45, 7) is 4.36. The Labute approximate surface area is 326 Å². The SMILES string of the molecule is CCCCCCC/C=C\C/C=C\CCCCCCCCCCCCCCCCCC(=O)NC(CO)C(O)CCCCCCCCCCCCCCC. The molecular weight excluding hydrogens is 639 g/mol. The number of allylic oxidation sites excluding steroid dienone is 4. The lowest BCUT2D eigenvalue weighted by molar-refractivity contribution is -0.123. The molecule has 52 heavy (non-hydrogen) atoms. The highest BCUT2D eigenvalue weighted by molar-refractivity contribution is 5.76. The van der Waals surface area contributed by atoms with Crippen molar-refractivity contribution in [2.45, 2.75) is 270 Å². The maximum absolute atomic E-state index is 12.4. The molecular formula is C48H93NO3. The third kappa shape index (κ3) is 40.1. The summed E-state index contributed by atoms with van der Waals surface area (Å²) in [4.78, 5) is 12.4. The predicted molar refractivity (Wildman–Crippen MR) is 230 cm³/mol. The first kappa shape index (κ1) is 50.9. The first-order valence-corrected chi connectivity index (χ1v) is 23.5. The topological polar surface area (TPSA) is 69.6 Å². The molecule has 0 aromatic carbocycles. The van der Waals surface area contributed by atoms with Crippen molar-refractivity contribution in [3.05, 3.63) is 24.3 Å². The summed E-state index contributed by atoms with van der Waals surface area (Å²) in [6.07, 6.45) is 57.0. The summed E-state index contributed by atoms with van der Waals surface area (Å²) in [5, 5.41) is 23.2. The average Bonchev–Trinajstić information content (AvgIpc) is 3.15. The molecule has 0 rings (SSSR count). The highest BCUT2D eigenvalue weighted by atomic mass is 16.3. The van der Waals surface area contributed by atoms with Crippen molar-refractivity contribution in [1.29, 1.82) is 0 Å². The molecule has 0 aliphatic carbocycles. The fourth-order valence-corrected chi connectivity index (χ4v) is 7.33. The zero-order valence-corrected chi connectivity index (χ0v) is 35.3. The number of aliphatic hydroxyl groups is 2. The normalized spacial score (nSPS) is 13.1. The third-order valence-corrected chi connectivity index (χ3v) is 11.0. The molecule has 3 N–H and O–H groups in total. The molecule has 4 heteroatoms. The third-order valence-electron chi connectivity index (χ3n) is 11.0. The Morgan fingerprint density at radius 1 is 0.462 bits per heavy atom. The van der Waals surface area contributed by atoms with E-state index in [1.54, 1.807) is 0 Å².